The van der Waals surface area contributed by atoms with Crippen LogP contribution in [0, 0.1) is 0 Å². The van der Waals surface area contributed by atoms with Gasteiger partial charge in [-0.1, -0.05) is 6.07 Å². The van der Waals surface area contributed by atoms with Crippen molar-refractivity contribution in [2.24, 2.45) is 0 Å². The maximum absolute atomic E-state index is 13.1. The molecule has 2 aromatic heterocycles. The fourth-order valence-electron chi connectivity index (χ4n) is 3.63. The summed E-state index contributed by atoms with van der Waals surface area (Å²) >= 11 is 0. The fourth-order valence-corrected chi connectivity index (χ4v) is 3.63. The number of likely N-dealkylation sites (tertiary alicyclic amines) is 1. The van der Waals surface area contributed by atoms with Gasteiger partial charge in [-0.2, -0.15) is 5.10 Å². The van der Waals surface area contributed by atoms with Gasteiger partial charge in [-0.05, 0) is 32.0 Å². The van der Waals surface area contributed by atoms with Crippen LogP contribution >= 0.6 is 0 Å². The highest BCUT2D eigenvalue weighted by Gasteiger charge is 2.34. The first-order chi connectivity index (χ1) is 11.2. The van der Waals surface area contributed by atoms with Crippen molar-refractivity contribution in [2.75, 3.05) is 20.1 Å². The molecule has 2 aliphatic rings. The molecule has 6 nitrogen and oxygen atoms in total. The number of fused-ring (bicyclic) bond motifs is 1. The van der Waals surface area contributed by atoms with Gasteiger partial charge in [0.15, 0.2) is 5.69 Å². The molecular weight excluding hydrogens is 290 g/mol. The number of aromatic amines is 1. The minimum Gasteiger partial charge on any atom is -0.329 e. The largest absolute Gasteiger partial charge is 0.329 e. The summed E-state index contributed by atoms with van der Waals surface area (Å²) < 4.78 is 0. The van der Waals surface area contributed by atoms with E-state index in [0.717, 1.165) is 55.8 Å². The van der Waals surface area contributed by atoms with Crippen molar-refractivity contribution >= 4 is 5.91 Å². The van der Waals surface area contributed by atoms with Crippen LogP contribution in [0.15, 0.2) is 24.4 Å². The Kier molecular flexibility index (Phi) is 3.61. The highest BCUT2D eigenvalue weighted by atomic mass is 16.2. The molecule has 0 radical (unpaired) electrons. The van der Waals surface area contributed by atoms with Crippen molar-refractivity contribution in [3.05, 3.63) is 47.0 Å². The van der Waals surface area contributed by atoms with Gasteiger partial charge in [0.05, 0.1) is 11.7 Å². The molecule has 0 spiro atoms. The molecule has 4 heterocycles. The van der Waals surface area contributed by atoms with Crippen LogP contribution in [-0.4, -0.2) is 51.0 Å². The number of nitrogens with zero attached hydrogens (tertiary/aromatic N) is 4. The number of likely N-dealkylation sites (N-methyl/N-ethyl adjacent to an activating group) is 1. The zero-order valence-corrected chi connectivity index (χ0v) is 13.3. The number of pyridine rings is 1. The topological polar surface area (TPSA) is 65.1 Å². The Labute approximate surface area is 135 Å². The summed E-state index contributed by atoms with van der Waals surface area (Å²) in [6.45, 7) is 2.57. The van der Waals surface area contributed by atoms with Crippen LogP contribution in [0.1, 0.15) is 46.3 Å². The van der Waals surface area contributed by atoms with E-state index < -0.39 is 0 Å². The summed E-state index contributed by atoms with van der Waals surface area (Å²) in [6, 6.07) is 5.96. The maximum atomic E-state index is 13.1. The molecule has 4 rings (SSSR count). The molecule has 2 aliphatic heterocycles. The first kappa shape index (κ1) is 14.4. The third-order valence-corrected chi connectivity index (χ3v) is 4.87. The molecule has 1 amide bonds. The van der Waals surface area contributed by atoms with Gasteiger partial charge in [0.25, 0.3) is 5.91 Å². The minimum absolute atomic E-state index is 0.0333. The van der Waals surface area contributed by atoms with Gasteiger partial charge in [0, 0.05) is 43.5 Å². The zero-order valence-electron chi connectivity index (χ0n) is 13.3. The molecule has 0 aliphatic carbocycles. The molecule has 1 fully saturated rings. The second-order valence-corrected chi connectivity index (χ2v) is 6.43. The maximum Gasteiger partial charge on any atom is 0.275 e. The van der Waals surface area contributed by atoms with Crippen LogP contribution in [0.4, 0.5) is 0 Å². The summed E-state index contributed by atoms with van der Waals surface area (Å²) in [5.41, 5.74) is 3.74. The number of amides is 1. The molecular formula is C17H21N5O. The second kappa shape index (κ2) is 5.77. The molecule has 1 atom stereocenters. The Hall–Kier alpha value is -2.21. The fraction of sp³-hybridized carbons (Fsp3) is 0.471. The predicted molar refractivity (Wildman–Crippen MR) is 85.9 cm³/mol. The van der Waals surface area contributed by atoms with Gasteiger partial charge in [-0.25, -0.2) is 0 Å². The molecule has 120 valence electrons. The molecule has 0 aromatic carbocycles. The van der Waals surface area contributed by atoms with Gasteiger partial charge in [0.1, 0.15) is 0 Å². The number of H-pyrrole nitrogens is 1. The van der Waals surface area contributed by atoms with E-state index in [0.29, 0.717) is 5.69 Å². The Morgan fingerprint density at radius 1 is 1.35 bits per heavy atom. The molecule has 0 bridgehead atoms. The van der Waals surface area contributed by atoms with E-state index in [1.165, 1.54) is 0 Å². The number of hydrogen-bond donors (Lipinski definition) is 1. The Morgan fingerprint density at radius 3 is 3.09 bits per heavy atom. The van der Waals surface area contributed by atoms with E-state index >= 15 is 0 Å². The Morgan fingerprint density at radius 2 is 2.26 bits per heavy atom. The number of rotatable bonds is 2. The molecule has 0 saturated carbocycles. The molecule has 0 unspecified atom stereocenters. The molecule has 1 N–H and O–H groups in total. The van der Waals surface area contributed by atoms with Crippen LogP contribution in [0.3, 0.4) is 0 Å². The third-order valence-electron chi connectivity index (χ3n) is 4.87. The van der Waals surface area contributed by atoms with Crippen LogP contribution in [0.25, 0.3) is 0 Å². The number of carbonyl (C=O) groups excluding carboxylic acids is 1. The van der Waals surface area contributed by atoms with Gasteiger partial charge >= 0.3 is 0 Å². The first-order valence-corrected chi connectivity index (χ1v) is 8.20. The van der Waals surface area contributed by atoms with Crippen LogP contribution in [0.5, 0.6) is 0 Å². The molecule has 2 aromatic rings. The minimum atomic E-state index is 0.0333. The number of aromatic nitrogens is 3. The highest BCUT2D eigenvalue weighted by Crippen LogP contribution is 2.32. The van der Waals surface area contributed by atoms with E-state index in [2.05, 4.69) is 27.1 Å². The normalized spacial score (nSPS) is 21.4. The molecule has 1 saturated heterocycles. The third kappa shape index (κ3) is 2.53. The number of hydrogen-bond acceptors (Lipinski definition) is 4. The van der Waals surface area contributed by atoms with Crippen molar-refractivity contribution in [3.63, 3.8) is 0 Å². The number of nitrogens with one attached hydrogen (secondary N) is 1. The van der Waals surface area contributed by atoms with Crippen LogP contribution in [0.2, 0.25) is 0 Å². The van der Waals surface area contributed by atoms with Crippen molar-refractivity contribution < 1.29 is 4.79 Å². The zero-order chi connectivity index (χ0) is 15.8. The van der Waals surface area contributed by atoms with E-state index in [-0.39, 0.29) is 11.9 Å². The summed E-state index contributed by atoms with van der Waals surface area (Å²) in [5, 5.41) is 7.41. The summed E-state index contributed by atoms with van der Waals surface area (Å²) in [4.78, 5) is 21.7. The molecule has 23 heavy (non-hydrogen) atoms. The monoisotopic (exact) mass is 311 g/mol. The highest BCUT2D eigenvalue weighted by molar-refractivity contribution is 5.94. The average molecular weight is 311 g/mol. The molecule has 6 heteroatoms. The van der Waals surface area contributed by atoms with E-state index in [1.807, 2.05) is 23.1 Å². The van der Waals surface area contributed by atoms with E-state index in [1.54, 1.807) is 6.20 Å². The van der Waals surface area contributed by atoms with Crippen LogP contribution < -0.4 is 0 Å². The van der Waals surface area contributed by atoms with Gasteiger partial charge < -0.3 is 9.80 Å². The Balaban J connectivity index is 1.63. The van der Waals surface area contributed by atoms with E-state index in [4.69, 9.17) is 0 Å². The smallest absolute Gasteiger partial charge is 0.275 e. The lowest BCUT2D eigenvalue weighted by Crippen LogP contribution is -2.33. The van der Waals surface area contributed by atoms with Gasteiger partial charge in [0.2, 0.25) is 0 Å². The summed E-state index contributed by atoms with van der Waals surface area (Å²) in [6.07, 6.45) is 4.70. The van der Waals surface area contributed by atoms with Crippen molar-refractivity contribution in [1.29, 1.82) is 0 Å². The van der Waals surface area contributed by atoms with E-state index in [9.17, 15) is 4.79 Å². The van der Waals surface area contributed by atoms with Gasteiger partial charge in [-0.3, -0.25) is 14.9 Å². The summed E-state index contributed by atoms with van der Waals surface area (Å²) in [5.74, 6) is 0.0333. The number of carbonyl (C=O) groups is 1. The lowest BCUT2D eigenvalue weighted by Gasteiger charge is -2.26. The van der Waals surface area contributed by atoms with Crippen molar-refractivity contribution in [3.8, 4) is 0 Å². The second-order valence-electron chi connectivity index (χ2n) is 6.43. The standard InChI is InChI=1S/C17H21N5O/c1-21-10-7-13-12(11-21)16(20-19-13)17(23)22-9-4-6-15(22)14-5-2-3-8-18-14/h2-3,5,8,15H,4,6-7,9-11H2,1H3,(H,19,20)/t15-/m1/s1. The van der Waals surface area contributed by atoms with Gasteiger partial charge in [-0.15, -0.1) is 0 Å². The van der Waals surface area contributed by atoms with Crippen molar-refractivity contribution in [1.82, 2.24) is 25.0 Å². The predicted octanol–water partition coefficient (Wildman–Crippen LogP) is 1.77. The Bertz CT molecular complexity index is 711. The first-order valence-electron chi connectivity index (χ1n) is 8.20. The van der Waals surface area contributed by atoms with Crippen molar-refractivity contribution in [2.45, 2.75) is 31.8 Å². The lowest BCUT2D eigenvalue weighted by atomic mass is 10.0. The quantitative estimate of drug-likeness (QED) is 0.918. The summed E-state index contributed by atoms with van der Waals surface area (Å²) in [7, 11) is 2.08. The lowest BCUT2D eigenvalue weighted by molar-refractivity contribution is 0.0724. The van der Waals surface area contributed by atoms with Crippen LogP contribution in [-0.2, 0) is 13.0 Å². The SMILES string of the molecule is CN1CCc2[nH]nc(C(=O)N3CCC[C@@H]3c3ccccn3)c2C1. The average Bonchev–Trinajstić information content (AvgIpc) is 3.21.